The van der Waals surface area contributed by atoms with Gasteiger partial charge in [-0.1, -0.05) is 35.6 Å². The molecule has 0 unspecified atom stereocenters. The number of aromatic nitrogens is 1. The average Bonchev–Trinajstić information content (AvgIpc) is 2.82. The van der Waals surface area contributed by atoms with E-state index >= 15 is 0 Å². The predicted octanol–water partition coefficient (Wildman–Crippen LogP) is 4.49. The first-order valence-corrected chi connectivity index (χ1v) is 7.29. The summed E-state index contributed by atoms with van der Waals surface area (Å²) in [4.78, 5) is 4.62. The maximum atomic E-state index is 5.22. The maximum absolute atomic E-state index is 5.22. The van der Waals surface area contributed by atoms with Crippen LogP contribution in [0.25, 0.3) is 10.2 Å². The zero-order valence-corrected chi connectivity index (χ0v) is 12.3. The SMILES string of the molecule is COCc1ccccc1Nc1nc2ccc(C)cc2s1. The number of benzene rings is 2. The first-order valence-electron chi connectivity index (χ1n) is 6.47. The van der Waals surface area contributed by atoms with Gasteiger partial charge in [-0.2, -0.15) is 0 Å². The summed E-state index contributed by atoms with van der Waals surface area (Å²) in [5.41, 5.74) is 4.47. The van der Waals surface area contributed by atoms with E-state index in [0.29, 0.717) is 6.61 Å². The van der Waals surface area contributed by atoms with Crippen molar-refractivity contribution in [2.45, 2.75) is 13.5 Å². The summed E-state index contributed by atoms with van der Waals surface area (Å²) in [6.07, 6.45) is 0. The van der Waals surface area contributed by atoms with E-state index in [4.69, 9.17) is 4.74 Å². The topological polar surface area (TPSA) is 34.1 Å². The summed E-state index contributed by atoms with van der Waals surface area (Å²) in [5, 5.41) is 4.30. The molecule has 0 aliphatic heterocycles. The van der Waals surface area contributed by atoms with Crippen molar-refractivity contribution >= 4 is 32.4 Å². The van der Waals surface area contributed by atoms with Crippen LogP contribution in [0.5, 0.6) is 0 Å². The van der Waals surface area contributed by atoms with Crippen LogP contribution in [0.2, 0.25) is 0 Å². The highest BCUT2D eigenvalue weighted by molar-refractivity contribution is 7.22. The third-order valence-corrected chi connectivity index (χ3v) is 4.04. The van der Waals surface area contributed by atoms with E-state index in [1.165, 1.54) is 10.3 Å². The molecule has 0 fully saturated rings. The Morgan fingerprint density at radius 1 is 1.20 bits per heavy atom. The standard InChI is InChI=1S/C16H16N2OS/c1-11-7-8-14-15(9-11)20-16(18-14)17-13-6-4-3-5-12(13)10-19-2/h3-9H,10H2,1-2H3,(H,17,18). The number of hydrogen-bond acceptors (Lipinski definition) is 4. The zero-order chi connectivity index (χ0) is 13.9. The number of hydrogen-bond donors (Lipinski definition) is 1. The van der Waals surface area contributed by atoms with Gasteiger partial charge in [0.25, 0.3) is 0 Å². The molecule has 0 radical (unpaired) electrons. The molecule has 0 bridgehead atoms. The van der Waals surface area contributed by atoms with Gasteiger partial charge in [-0.25, -0.2) is 4.98 Å². The molecule has 1 heterocycles. The van der Waals surface area contributed by atoms with E-state index in [0.717, 1.165) is 21.9 Å². The van der Waals surface area contributed by atoms with Gasteiger partial charge in [0, 0.05) is 18.4 Å². The second-order valence-electron chi connectivity index (χ2n) is 4.71. The van der Waals surface area contributed by atoms with Crippen molar-refractivity contribution < 1.29 is 4.74 Å². The number of ether oxygens (including phenoxy) is 1. The lowest BCUT2D eigenvalue weighted by molar-refractivity contribution is 0.185. The van der Waals surface area contributed by atoms with E-state index in [9.17, 15) is 0 Å². The van der Waals surface area contributed by atoms with Crippen LogP contribution in [0.15, 0.2) is 42.5 Å². The van der Waals surface area contributed by atoms with Gasteiger partial charge in [0.15, 0.2) is 5.13 Å². The number of aryl methyl sites for hydroxylation is 1. The highest BCUT2D eigenvalue weighted by atomic mass is 32.1. The van der Waals surface area contributed by atoms with Crippen molar-refractivity contribution in [1.29, 1.82) is 0 Å². The molecule has 3 nitrogen and oxygen atoms in total. The first-order chi connectivity index (χ1) is 9.76. The van der Waals surface area contributed by atoms with E-state index in [1.807, 2.05) is 18.2 Å². The Balaban J connectivity index is 1.93. The second-order valence-corrected chi connectivity index (χ2v) is 5.74. The van der Waals surface area contributed by atoms with Gasteiger partial charge in [-0.3, -0.25) is 0 Å². The Hall–Kier alpha value is -1.91. The molecule has 2 aromatic carbocycles. The molecule has 3 aromatic rings. The van der Waals surface area contributed by atoms with Gasteiger partial charge in [0.2, 0.25) is 0 Å². The summed E-state index contributed by atoms with van der Waals surface area (Å²) in [6.45, 7) is 2.69. The lowest BCUT2D eigenvalue weighted by Gasteiger charge is -2.08. The average molecular weight is 284 g/mol. The largest absolute Gasteiger partial charge is 0.380 e. The summed E-state index contributed by atoms with van der Waals surface area (Å²) in [7, 11) is 1.71. The molecular weight excluding hydrogens is 268 g/mol. The smallest absolute Gasteiger partial charge is 0.188 e. The minimum absolute atomic E-state index is 0.590. The summed E-state index contributed by atoms with van der Waals surface area (Å²) in [6, 6.07) is 14.5. The predicted molar refractivity (Wildman–Crippen MR) is 84.8 cm³/mol. The molecule has 1 N–H and O–H groups in total. The van der Waals surface area contributed by atoms with Crippen molar-refractivity contribution in [3.8, 4) is 0 Å². The maximum Gasteiger partial charge on any atom is 0.188 e. The van der Waals surface area contributed by atoms with Gasteiger partial charge in [-0.05, 0) is 30.7 Å². The van der Waals surface area contributed by atoms with Crippen molar-refractivity contribution in [2.24, 2.45) is 0 Å². The van der Waals surface area contributed by atoms with Crippen molar-refractivity contribution in [3.63, 3.8) is 0 Å². The van der Waals surface area contributed by atoms with Crippen LogP contribution in [-0.4, -0.2) is 12.1 Å². The lowest BCUT2D eigenvalue weighted by atomic mass is 10.2. The molecule has 102 valence electrons. The number of fused-ring (bicyclic) bond motifs is 1. The van der Waals surface area contributed by atoms with Crippen molar-refractivity contribution in [2.75, 3.05) is 12.4 Å². The second kappa shape index (κ2) is 5.61. The van der Waals surface area contributed by atoms with Gasteiger partial charge >= 0.3 is 0 Å². The molecule has 0 saturated heterocycles. The molecule has 0 amide bonds. The minimum Gasteiger partial charge on any atom is -0.380 e. The Labute approximate surface area is 122 Å². The van der Waals surface area contributed by atoms with Crippen molar-refractivity contribution in [1.82, 2.24) is 4.98 Å². The molecule has 1 aromatic heterocycles. The van der Waals surface area contributed by atoms with Gasteiger partial charge in [0.1, 0.15) is 0 Å². The summed E-state index contributed by atoms with van der Waals surface area (Å²) < 4.78 is 6.43. The van der Waals surface area contributed by atoms with Gasteiger partial charge < -0.3 is 10.1 Å². The van der Waals surface area contributed by atoms with Crippen LogP contribution in [-0.2, 0) is 11.3 Å². The zero-order valence-electron chi connectivity index (χ0n) is 11.5. The van der Waals surface area contributed by atoms with Crippen LogP contribution in [0.1, 0.15) is 11.1 Å². The van der Waals surface area contributed by atoms with Crippen LogP contribution < -0.4 is 5.32 Å². The first kappa shape index (κ1) is 13.1. The number of rotatable bonds is 4. The summed E-state index contributed by atoms with van der Waals surface area (Å²) in [5.74, 6) is 0. The van der Waals surface area contributed by atoms with Crippen LogP contribution in [0.3, 0.4) is 0 Å². The number of nitrogens with one attached hydrogen (secondary N) is 1. The number of para-hydroxylation sites is 1. The summed E-state index contributed by atoms with van der Waals surface area (Å²) >= 11 is 1.67. The number of anilines is 2. The van der Waals surface area contributed by atoms with E-state index < -0.39 is 0 Å². The molecule has 20 heavy (non-hydrogen) atoms. The van der Waals surface area contributed by atoms with E-state index in [1.54, 1.807) is 18.4 Å². The third kappa shape index (κ3) is 2.66. The fourth-order valence-corrected chi connectivity index (χ4v) is 3.10. The quantitative estimate of drug-likeness (QED) is 0.766. The molecule has 0 saturated carbocycles. The molecule has 0 aliphatic rings. The van der Waals surface area contributed by atoms with Crippen LogP contribution in [0, 0.1) is 6.92 Å². The van der Waals surface area contributed by atoms with Gasteiger partial charge in [-0.15, -0.1) is 0 Å². The minimum atomic E-state index is 0.590. The highest BCUT2D eigenvalue weighted by Crippen LogP contribution is 2.30. The number of methoxy groups -OCH3 is 1. The molecule has 3 rings (SSSR count). The number of thiazole rings is 1. The van der Waals surface area contributed by atoms with E-state index in [2.05, 4.69) is 41.5 Å². The normalized spacial score (nSPS) is 10.9. The lowest BCUT2D eigenvalue weighted by Crippen LogP contribution is -1.96. The fourth-order valence-electron chi connectivity index (χ4n) is 2.12. The Morgan fingerprint density at radius 3 is 2.90 bits per heavy atom. The highest BCUT2D eigenvalue weighted by Gasteiger charge is 2.06. The monoisotopic (exact) mass is 284 g/mol. The third-order valence-electron chi connectivity index (χ3n) is 3.10. The Bertz CT molecular complexity index is 736. The Morgan fingerprint density at radius 2 is 2.05 bits per heavy atom. The fraction of sp³-hybridized carbons (Fsp3) is 0.188. The molecular formula is C16H16N2OS. The van der Waals surface area contributed by atoms with Crippen LogP contribution in [0.4, 0.5) is 10.8 Å². The van der Waals surface area contributed by atoms with E-state index in [-0.39, 0.29) is 0 Å². The molecule has 0 atom stereocenters. The van der Waals surface area contributed by atoms with Crippen LogP contribution >= 0.6 is 11.3 Å². The Kier molecular flexibility index (Phi) is 3.67. The molecule has 0 aliphatic carbocycles. The number of nitrogens with zero attached hydrogens (tertiary/aromatic N) is 1. The molecule has 0 spiro atoms. The van der Waals surface area contributed by atoms with Crippen molar-refractivity contribution in [3.05, 3.63) is 53.6 Å². The van der Waals surface area contributed by atoms with Gasteiger partial charge in [0.05, 0.1) is 16.8 Å². The molecule has 4 heteroatoms.